The Morgan fingerprint density at radius 1 is 1.47 bits per heavy atom. The van der Waals surface area contributed by atoms with Gasteiger partial charge in [-0.05, 0) is 44.4 Å². The lowest BCUT2D eigenvalue weighted by molar-refractivity contribution is 0.241. The highest BCUT2D eigenvalue weighted by atomic mass is 16.5. The first kappa shape index (κ1) is 12.1. The zero-order valence-electron chi connectivity index (χ0n) is 10.5. The number of pyridine rings is 1. The molecular formula is C14H20N2O. The predicted octanol–water partition coefficient (Wildman–Crippen LogP) is 2.49. The van der Waals surface area contributed by atoms with Gasteiger partial charge in [-0.2, -0.15) is 0 Å². The Bertz CT molecular complexity index is 382. The summed E-state index contributed by atoms with van der Waals surface area (Å²) in [7, 11) is 0. The quantitative estimate of drug-likeness (QED) is 0.866. The van der Waals surface area contributed by atoms with Crippen molar-refractivity contribution in [3.05, 3.63) is 30.1 Å². The van der Waals surface area contributed by atoms with Crippen LogP contribution in [0.15, 0.2) is 24.5 Å². The third kappa shape index (κ3) is 3.86. The fourth-order valence-corrected chi connectivity index (χ4v) is 1.95. The minimum Gasteiger partial charge on any atom is -0.489 e. The SMILES string of the molecule is CC(C)Oc1cncc(/C=C/C2CCNC2)c1. The third-order valence-electron chi connectivity index (χ3n) is 2.77. The summed E-state index contributed by atoms with van der Waals surface area (Å²) in [5.74, 6) is 1.50. The van der Waals surface area contributed by atoms with Crippen LogP contribution in [0.1, 0.15) is 25.8 Å². The van der Waals surface area contributed by atoms with Crippen LogP contribution >= 0.6 is 0 Å². The number of ether oxygens (including phenoxy) is 1. The summed E-state index contributed by atoms with van der Waals surface area (Å²) in [6.07, 6.45) is 9.44. The molecule has 2 heterocycles. The summed E-state index contributed by atoms with van der Waals surface area (Å²) in [5, 5.41) is 3.35. The van der Waals surface area contributed by atoms with Gasteiger partial charge in [0.05, 0.1) is 12.3 Å². The number of nitrogens with one attached hydrogen (secondary N) is 1. The summed E-state index contributed by atoms with van der Waals surface area (Å²) < 4.78 is 5.62. The second-order valence-electron chi connectivity index (χ2n) is 4.73. The predicted molar refractivity (Wildman–Crippen MR) is 70.0 cm³/mol. The Balaban J connectivity index is 2.00. The van der Waals surface area contributed by atoms with Gasteiger partial charge in [-0.3, -0.25) is 4.98 Å². The Hall–Kier alpha value is -1.35. The number of hydrogen-bond acceptors (Lipinski definition) is 3. The molecule has 1 aromatic heterocycles. The summed E-state index contributed by atoms with van der Waals surface area (Å²) in [4.78, 5) is 4.19. The maximum absolute atomic E-state index is 5.62. The van der Waals surface area contributed by atoms with Crippen LogP contribution < -0.4 is 10.1 Å². The van der Waals surface area contributed by atoms with Crippen LogP contribution in [0.5, 0.6) is 5.75 Å². The summed E-state index contributed by atoms with van der Waals surface area (Å²) in [6, 6.07) is 2.03. The molecule has 0 saturated carbocycles. The molecule has 17 heavy (non-hydrogen) atoms. The maximum Gasteiger partial charge on any atom is 0.138 e. The number of nitrogens with zero attached hydrogens (tertiary/aromatic N) is 1. The van der Waals surface area contributed by atoms with Crippen LogP contribution in [0.3, 0.4) is 0 Å². The number of hydrogen-bond donors (Lipinski definition) is 1. The van der Waals surface area contributed by atoms with Crippen molar-refractivity contribution < 1.29 is 4.74 Å². The van der Waals surface area contributed by atoms with E-state index in [2.05, 4.69) is 22.5 Å². The van der Waals surface area contributed by atoms with Crippen molar-refractivity contribution in [2.75, 3.05) is 13.1 Å². The van der Waals surface area contributed by atoms with E-state index < -0.39 is 0 Å². The molecule has 3 nitrogen and oxygen atoms in total. The third-order valence-corrected chi connectivity index (χ3v) is 2.77. The monoisotopic (exact) mass is 232 g/mol. The Morgan fingerprint density at radius 3 is 3.06 bits per heavy atom. The van der Waals surface area contributed by atoms with E-state index in [1.807, 2.05) is 26.1 Å². The van der Waals surface area contributed by atoms with E-state index in [1.54, 1.807) is 6.20 Å². The zero-order valence-corrected chi connectivity index (χ0v) is 10.5. The van der Waals surface area contributed by atoms with Crippen molar-refractivity contribution in [1.29, 1.82) is 0 Å². The van der Waals surface area contributed by atoms with Gasteiger partial charge >= 0.3 is 0 Å². The highest BCUT2D eigenvalue weighted by Crippen LogP contribution is 2.16. The van der Waals surface area contributed by atoms with Crippen molar-refractivity contribution in [3.63, 3.8) is 0 Å². The molecule has 0 radical (unpaired) electrons. The average molecular weight is 232 g/mol. The van der Waals surface area contributed by atoms with Crippen molar-refractivity contribution in [2.24, 2.45) is 5.92 Å². The largest absolute Gasteiger partial charge is 0.489 e. The fourth-order valence-electron chi connectivity index (χ4n) is 1.95. The molecule has 1 unspecified atom stereocenters. The molecule has 1 fully saturated rings. The van der Waals surface area contributed by atoms with Crippen molar-refractivity contribution in [1.82, 2.24) is 10.3 Å². The highest BCUT2D eigenvalue weighted by molar-refractivity contribution is 5.50. The topological polar surface area (TPSA) is 34.1 Å². The van der Waals surface area contributed by atoms with Gasteiger partial charge < -0.3 is 10.1 Å². The minimum atomic E-state index is 0.190. The zero-order chi connectivity index (χ0) is 12.1. The maximum atomic E-state index is 5.62. The van der Waals surface area contributed by atoms with Crippen LogP contribution in [-0.2, 0) is 0 Å². The standard InChI is InChI=1S/C14H20N2O/c1-11(2)17-14-7-13(9-16-10-14)4-3-12-5-6-15-8-12/h3-4,7,9-12,15H,5-6,8H2,1-2H3/b4-3+. The molecule has 1 atom stereocenters. The molecule has 92 valence electrons. The lowest BCUT2D eigenvalue weighted by Gasteiger charge is -2.09. The molecule has 1 N–H and O–H groups in total. The van der Waals surface area contributed by atoms with Gasteiger partial charge in [0, 0.05) is 12.7 Å². The second kappa shape index (κ2) is 5.82. The fraction of sp³-hybridized carbons (Fsp3) is 0.500. The van der Waals surface area contributed by atoms with E-state index in [0.717, 1.165) is 24.4 Å². The van der Waals surface area contributed by atoms with Gasteiger partial charge in [-0.25, -0.2) is 0 Å². The van der Waals surface area contributed by atoms with Gasteiger partial charge in [-0.1, -0.05) is 12.2 Å². The summed E-state index contributed by atoms with van der Waals surface area (Å²) >= 11 is 0. The molecule has 0 amide bonds. The van der Waals surface area contributed by atoms with Crippen LogP contribution in [0, 0.1) is 5.92 Å². The summed E-state index contributed by atoms with van der Waals surface area (Å²) in [6.45, 7) is 6.26. The Morgan fingerprint density at radius 2 is 2.35 bits per heavy atom. The molecule has 0 spiro atoms. The van der Waals surface area contributed by atoms with Crippen LogP contribution in [0.4, 0.5) is 0 Å². The van der Waals surface area contributed by atoms with Crippen molar-refractivity contribution >= 4 is 6.08 Å². The normalized spacial score (nSPS) is 20.3. The van der Waals surface area contributed by atoms with E-state index >= 15 is 0 Å². The van der Waals surface area contributed by atoms with Gasteiger partial charge in [0.15, 0.2) is 0 Å². The van der Waals surface area contributed by atoms with Gasteiger partial charge in [0.1, 0.15) is 5.75 Å². The number of rotatable bonds is 4. The first-order chi connectivity index (χ1) is 8.24. The molecule has 1 aliphatic heterocycles. The molecule has 0 aliphatic carbocycles. The molecule has 1 aromatic rings. The van der Waals surface area contributed by atoms with Crippen LogP contribution in [0.25, 0.3) is 6.08 Å². The molecular weight excluding hydrogens is 212 g/mol. The lowest BCUT2D eigenvalue weighted by atomic mass is 10.1. The Labute approximate surface area is 103 Å². The van der Waals surface area contributed by atoms with E-state index in [1.165, 1.54) is 6.42 Å². The first-order valence-corrected chi connectivity index (χ1v) is 6.24. The lowest BCUT2D eigenvalue weighted by Crippen LogP contribution is -2.07. The average Bonchev–Trinajstić information content (AvgIpc) is 2.79. The van der Waals surface area contributed by atoms with E-state index in [0.29, 0.717) is 5.92 Å². The van der Waals surface area contributed by atoms with E-state index in [9.17, 15) is 0 Å². The summed E-state index contributed by atoms with van der Waals surface area (Å²) in [5.41, 5.74) is 1.11. The minimum absolute atomic E-state index is 0.190. The molecule has 0 aromatic carbocycles. The van der Waals surface area contributed by atoms with E-state index in [-0.39, 0.29) is 6.10 Å². The number of aromatic nitrogens is 1. The second-order valence-corrected chi connectivity index (χ2v) is 4.73. The highest BCUT2D eigenvalue weighted by Gasteiger charge is 2.10. The smallest absolute Gasteiger partial charge is 0.138 e. The molecule has 2 rings (SSSR count). The molecule has 1 aliphatic rings. The molecule has 1 saturated heterocycles. The molecule has 3 heteroatoms. The van der Waals surface area contributed by atoms with Gasteiger partial charge in [0.2, 0.25) is 0 Å². The van der Waals surface area contributed by atoms with E-state index in [4.69, 9.17) is 4.74 Å². The van der Waals surface area contributed by atoms with Crippen molar-refractivity contribution in [3.8, 4) is 5.75 Å². The molecule has 0 bridgehead atoms. The van der Waals surface area contributed by atoms with Crippen LogP contribution in [0.2, 0.25) is 0 Å². The van der Waals surface area contributed by atoms with Gasteiger partial charge in [0.25, 0.3) is 0 Å². The van der Waals surface area contributed by atoms with Crippen molar-refractivity contribution in [2.45, 2.75) is 26.4 Å². The van der Waals surface area contributed by atoms with Crippen LogP contribution in [-0.4, -0.2) is 24.2 Å². The Kier molecular flexibility index (Phi) is 4.15. The first-order valence-electron chi connectivity index (χ1n) is 6.24. The van der Waals surface area contributed by atoms with Gasteiger partial charge in [-0.15, -0.1) is 0 Å².